The Labute approximate surface area is 219 Å². The van der Waals surface area contributed by atoms with Gasteiger partial charge >= 0.3 is 5.97 Å². The number of likely N-dealkylation sites (tertiary alicyclic amines) is 1. The molecule has 0 aliphatic carbocycles. The molecule has 0 saturated carbocycles. The fourth-order valence-electron chi connectivity index (χ4n) is 4.94. The molecule has 13 nitrogen and oxygen atoms in total. The lowest BCUT2D eigenvalue weighted by Crippen LogP contribution is -2.71. The van der Waals surface area contributed by atoms with Crippen LogP contribution in [0.15, 0.2) is 33.5 Å². The van der Waals surface area contributed by atoms with Gasteiger partial charge in [0.2, 0.25) is 5.91 Å². The Balaban J connectivity index is 1.30. The van der Waals surface area contributed by atoms with Crippen LogP contribution < -0.4 is 16.4 Å². The molecular weight excluding hydrogens is 522 g/mol. The quantitative estimate of drug-likeness (QED) is 0.0983. The number of fused-ring (bicyclic) bond motifs is 1. The average molecular weight is 548 g/mol. The highest BCUT2D eigenvalue weighted by molar-refractivity contribution is 8.00. The van der Waals surface area contributed by atoms with Gasteiger partial charge in [-0.05, 0) is 37.5 Å². The summed E-state index contributed by atoms with van der Waals surface area (Å²) < 4.78 is 0. The van der Waals surface area contributed by atoms with Crippen molar-refractivity contribution in [3.8, 4) is 0 Å². The Morgan fingerprint density at radius 1 is 1.38 bits per heavy atom. The molecule has 0 bridgehead atoms. The number of carbonyl (C=O) groups is 4. The van der Waals surface area contributed by atoms with Crippen LogP contribution in [0.4, 0.5) is 5.13 Å². The molecule has 3 amide bonds. The highest BCUT2D eigenvalue weighted by atomic mass is 32.2. The van der Waals surface area contributed by atoms with Gasteiger partial charge in [0.1, 0.15) is 22.8 Å². The number of amides is 3. The smallest absolute Gasteiger partial charge is 0.352 e. The number of nitrogens with zero attached hydrogens (tertiary/aromatic N) is 4. The van der Waals surface area contributed by atoms with Crippen LogP contribution in [0.2, 0.25) is 0 Å². The van der Waals surface area contributed by atoms with Gasteiger partial charge in [-0.3, -0.25) is 19.3 Å². The molecule has 1 aromatic heterocycles. The largest absolute Gasteiger partial charge is 0.477 e. The van der Waals surface area contributed by atoms with E-state index in [1.54, 1.807) is 11.0 Å². The molecule has 0 radical (unpaired) electrons. The Morgan fingerprint density at radius 3 is 2.84 bits per heavy atom. The number of β-lactam (4-membered cyclic amide) rings is 1. The first-order chi connectivity index (χ1) is 17.8. The van der Waals surface area contributed by atoms with E-state index in [2.05, 4.69) is 20.8 Å². The van der Waals surface area contributed by atoms with Crippen molar-refractivity contribution >= 4 is 57.6 Å². The number of carbonyl (C=O) groups excluding carboxylic acids is 3. The summed E-state index contributed by atoms with van der Waals surface area (Å²) in [6.45, 7) is 2.14. The van der Waals surface area contributed by atoms with Crippen molar-refractivity contribution < 1.29 is 29.5 Å². The van der Waals surface area contributed by atoms with E-state index in [4.69, 9.17) is 5.73 Å². The molecule has 0 unspecified atom stereocenters. The van der Waals surface area contributed by atoms with Crippen LogP contribution in [0.1, 0.15) is 25.0 Å². The molecule has 15 heteroatoms. The molecular formula is C22H25N7O6S2. The molecule has 3 fully saturated rings. The van der Waals surface area contributed by atoms with Crippen LogP contribution in [0.5, 0.6) is 0 Å². The number of allylic oxidation sites excluding steroid dienone is 1. The summed E-state index contributed by atoms with van der Waals surface area (Å²) in [5, 5.41) is 29.0. The molecule has 5 heterocycles. The zero-order valence-corrected chi connectivity index (χ0v) is 21.2. The summed E-state index contributed by atoms with van der Waals surface area (Å²) in [4.78, 5) is 57.5. The molecule has 3 saturated heterocycles. The monoisotopic (exact) mass is 547 g/mol. The fraction of sp³-hybridized carbons (Fsp3) is 0.455. The van der Waals surface area contributed by atoms with Gasteiger partial charge in [0, 0.05) is 35.8 Å². The maximum absolute atomic E-state index is 13.0. The Morgan fingerprint density at radius 2 is 2.19 bits per heavy atom. The van der Waals surface area contributed by atoms with Gasteiger partial charge in [-0.1, -0.05) is 5.16 Å². The number of aliphatic carboxylic acids is 1. The summed E-state index contributed by atoms with van der Waals surface area (Å²) in [5.41, 5.74) is 5.93. The topological polar surface area (TPSA) is 191 Å². The third kappa shape index (κ3) is 4.69. The van der Waals surface area contributed by atoms with Gasteiger partial charge in [0.15, 0.2) is 10.8 Å². The number of rotatable bonds is 7. The SMILES string of the molecule is Nc1nc(/C(=N/O)C(=O)N[C@@H]2C(=O)N3C(C(=O)O)=C(/C=C4\CCN(C[C@@H]5CCCN5)C4=O)CS[C@H]23)cs1. The second-order valence-electron chi connectivity index (χ2n) is 9.02. The first-order valence-electron chi connectivity index (χ1n) is 11.7. The number of carboxylic acids is 1. The summed E-state index contributed by atoms with van der Waals surface area (Å²) in [7, 11) is 0. The normalized spacial score (nSPS) is 27.1. The maximum atomic E-state index is 13.0. The van der Waals surface area contributed by atoms with Crippen LogP contribution in [-0.2, 0) is 19.2 Å². The van der Waals surface area contributed by atoms with Crippen molar-refractivity contribution in [3.63, 3.8) is 0 Å². The maximum Gasteiger partial charge on any atom is 0.352 e. The first kappa shape index (κ1) is 25.2. The predicted molar refractivity (Wildman–Crippen MR) is 135 cm³/mol. The minimum atomic E-state index is -1.29. The van der Waals surface area contributed by atoms with Crippen LogP contribution >= 0.6 is 23.1 Å². The summed E-state index contributed by atoms with van der Waals surface area (Å²) in [5.74, 6) is -2.61. The summed E-state index contributed by atoms with van der Waals surface area (Å²) >= 11 is 2.34. The lowest BCUT2D eigenvalue weighted by atomic mass is 10.0. The number of oxime groups is 1. The molecule has 4 aliphatic rings. The van der Waals surface area contributed by atoms with E-state index >= 15 is 0 Å². The third-order valence-electron chi connectivity index (χ3n) is 6.73. The van der Waals surface area contributed by atoms with E-state index in [1.165, 1.54) is 17.1 Å². The molecule has 4 aliphatic heterocycles. The minimum absolute atomic E-state index is 0.0569. The van der Waals surface area contributed by atoms with Crippen molar-refractivity contribution in [2.24, 2.45) is 5.16 Å². The van der Waals surface area contributed by atoms with Gasteiger partial charge in [0.25, 0.3) is 11.8 Å². The number of nitrogens with two attached hydrogens (primary N) is 1. The van der Waals surface area contributed by atoms with Crippen molar-refractivity contribution in [3.05, 3.63) is 34.0 Å². The van der Waals surface area contributed by atoms with Crippen molar-refractivity contribution in [2.45, 2.75) is 36.7 Å². The fourth-order valence-corrected chi connectivity index (χ4v) is 6.79. The molecule has 0 aromatic carbocycles. The van der Waals surface area contributed by atoms with Crippen molar-refractivity contribution in [1.29, 1.82) is 0 Å². The molecule has 6 N–H and O–H groups in total. The Bertz CT molecular complexity index is 1250. The van der Waals surface area contributed by atoms with Crippen molar-refractivity contribution in [2.75, 3.05) is 31.1 Å². The zero-order valence-electron chi connectivity index (χ0n) is 19.5. The number of hydrogen-bond acceptors (Lipinski definition) is 11. The second kappa shape index (κ2) is 10.1. The number of thiazole rings is 1. The van der Waals surface area contributed by atoms with Gasteiger partial charge in [-0.15, -0.1) is 23.1 Å². The predicted octanol–water partition coefficient (Wildman–Crippen LogP) is -0.447. The van der Waals surface area contributed by atoms with Gasteiger partial charge in [-0.25, -0.2) is 9.78 Å². The number of carboxylic acid groups (broad SMARTS) is 1. The minimum Gasteiger partial charge on any atom is -0.477 e. The van der Waals surface area contributed by atoms with E-state index in [0.717, 1.165) is 35.6 Å². The van der Waals surface area contributed by atoms with Crippen LogP contribution in [0.25, 0.3) is 0 Å². The van der Waals surface area contributed by atoms with Gasteiger partial charge in [0.05, 0.1) is 0 Å². The van der Waals surface area contributed by atoms with Gasteiger partial charge in [-0.2, -0.15) is 0 Å². The molecule has 0 spiro atoms. The number of hydrogen-bond donors (Lipinski definition) is 5. The number of aromatic nitrogens is 1. The van der Waals surface area contributed by atoms with E-state index < -0.39 is 34.9 Å². The third-order valence-corrected chi connectivity index (χ3v) is 8.71. The molecule has 3 atom stereocenters. The highest BCUT2D eigenvalue weighted by Crippen LogP contribution is 2.41. The lowest BCUT2D eigenvalue weighted by molar-refractivity contribution is -0.150. The highest BCUT2D eigenvalue weighted by Gasteiger charge is 2.54. The number of anilines is 1. The number of thioether (sulfide) groups is 1. The molecule has 1 aromatic rings. The van der Waals surface area contributed by atoms with Crippen LogP contribution in [0.3, 0.4) is 0 Å². The Kier molecular flexibility index (Phi) is 6.92. The summed E-state index contributed by atoms with van der Waals surface area (Å²) in [6.07, 6.45) is 4.21. The van der Waals surface area contributed by atoms with Gasteiger partial charge < -0.3 is 31.6 Å². The summed E-state index contributed by atoms with van der Waals surface area (Å²) in [6, 6.07) is -0.741. The molecule has 196 valence electrons. The van der Waals surface area contributed by atoms with Crippen molar-refractivity contribution in [1.82, 2.24) is 25.4 Å². The first-order valence-corrected chi connectivity index (χ1v) is 13.6. The lowest BCUT2D eigenvalue weighted by Gasteiger charge is -2.49. The molecule has 5 rings (SSSR count). The van der Waals surface area contributed by atoms with E-state index in [-0.39, 0.29) is 34.2 Å². The number of nitrogens with one attached hydrogen (secondary N) is 2. The van der Waals surface area contributed by atoms with E-state index in [9.17, 15) is 29.5 Å². The van der Waals surface area contributed by atoms with E-state index in [1.807, 2.05) is 0 Å². The number of nitrogen functional groups attached to an aromatic ring is 1. The average Bonchev–Trinajstić information content (AvgIpc) is 3.62. The zero-order chi connectivity index (χ0) is 26.3. The second-order valence-corrected chi connectivity index (χ2v) is 11.0. The van der Waals surface area contributed by atoms with Crippen LogP contribution in [-0.4, -0.2) is 97.3 Å². The standard InChI is InChI=1S/C22H25N7O6S2/c23-22-25-13(9-37-22)14(27-35)17(30)26-15-19(32)29-16(21(33)34)11(8-36-20(15)29)6-10-3-5-28(18(10)31)7-12-2-1-4-24-12/h6,9,12,15,20,24,35H,1-5,7-8H2,(H2,23,25)(H,26,30)(H,33,34)/b10-6+,27-14-/t12-,15+,20+/m0/s1. The van der Waals surface area contributed by atoms with Crippen LogP contribution in [0, 0.1) is 0 Å². The molecule has 37 heavy (non-hydrogen) atoms. The van der Waals surface area contributed by atoms with E-state index in [0.29, 0.717) is 30.7 Å². The Hall–Kier alpha value is -3.43.